The Morgan fingerprint density at radius 3 is 2.50 bits per heavy atom. The van der Waals surface area contributed by atoms with Crippen molar-refractivity contribution in [2.45, 2.75) is 6.36 Å². The van der Waals surface area contributed by atoms with Crippen LogP contribution >= 0.6 is 11.6 Å². The zero-order valence-electron chi connectivity index (χ0n) is 10.7. The molecule has 0 spiro atoms. The molecule has 0 saturated carbocycles. The molecule has 22 heavy (non-hydrogen) atoms. The Balaban J connectivity index is 2.16. The van der Waals surface area contributed by atoms with Crippen molar-refractivity contribution in [2.24, 2.45) is 0 Å². The second kappa shape index (κ2) is 6.23. The largest absolute Gasteiger partial charge is 0.573 e. The Hall–Kier alpha value is -2.28. The van der Waals surface area contributed by atoms with E-state index in [0.717, 1.165) is 24.3 Å². The number of hydrogen-bond donors (Lipinski definition) is 1. The van der Waals surface area contributed by atoms with Crippen LogP contribution < -0.4 is 10.1 Å². The van der Waals surface area contributed by atoms with E-state index in [-0.39, 0.29) is 16.3 Å². The fourth-order valence-corrected chi connectivity index (χ4v) is 1.90. The van der Waals surface area contributed by atoms with Gasteiger partial charge in [0.25, 0.3) is 5.91 Å². The molecule has 2 aromatic rings. The topological polar surface area (TPSA) is 38.3 Å². The fourth-order valence-electron chi connectivity index (χ4n) is 1.64. The number of anilines is 1. The molecule has 0 aliphatic rings. The molecule has 2 aromatic carbocycles. The number of amides is 1. The molecule has 8 heteroatoms. The summed E-state index contributed by atoms with van der Waals surface area (Å²) in [5.41, 5.74) is 0.0670. The molecular weight excluding hydrogens is 326 g/mol. The van der Waals surface area contributed by atoms with Crippen LogP contribution in [0.2, 0.25) is 5.02 Å². The normalized spacial score (nSPS) is 11.1. The van der Waals surface area contributed by atoms with Crippen molar-refractivity contribution in [3.8, 4) is 5.75 Å². The van der Waals surface area contributed by atoms with Gasteiger partial charge in [0, 0.05) is 11.8 Å². The maximum Gasteiger partial charge on any atom is 0.573 e. The van der Waals surface area contributed by atoms with Gasteiger partial charge in [0.15, 0.2) is 0 Å². The van der Waals surface area contributed by atoms with E-state index < -0.39 is 23.8 Å². The van der Waals surface area contributed by atoms with Gasteiger partial charge < -0.3 is 10.1 Å². The van der Waals surface area contributed by atoms with Gasteiger partial charge in [-0.3, -0.25) is 4.79 Å². The number of nitrogens with one attached hydrogen (secondary N) is 1. The average molecular weight is 334 g/mol. The van der Waals surface area contributed by atoms with Gasteiger partial charge >= 0.3 is 6.36 Å². The number of benzene rings is 2. The molecule has 0 bridgehead atoms. The molecule has 1 N–H and O–H groups in total. The Morgan fingerprint density at radius 1 is 1.14 bits per heavy atom. The highest BCUT2D eigenvalue weighted by atomic mass is 35.5. The first-order chi connectivity index (χ1) is 10.2. The predicted molar refractivity (Wildman–Crippen MR) is 72.5 cm³/mol. The first-order valence-electron chi connectivity index (χ1n) is 5.87. The van der Waals surface area contributed by atoms with Crippen LogP contribution in [-0.4, -0.2) is 12.3 Å². The van der Waals surface area contributed by atoms with E-state index in [4.69, 9.17) is 11.6 Å². The minimum Gasteiger partial charge on any atom is -0.406 e. The first-order valence-corrected chi connectivity index (χ1v) is 6.24. The summed E-state index contributed by atoms with van der Waals surface area (Å²) in [5, 5.41) is 2.24. The highest BCUT2D eigenvalue weighted by Gasteiger charge is 2.31. The van der Waals surface area contributed by atoms with E-state index in [1.807, 2.05) is 0 Å². The van der Waals surface area contributed by atoms with Crippen LogP contribution in [0, 0.1) is 5.82 Å². The lowest BCUT2D eigenvalue weighted by Crippen LogP contribution is -2.17. The number of halogens is 5. The molecule has 0 aliphatic heterocycles. The molecule has 0 unspecified atom stereocenters. The summed E-state index contributed by atoms with van der Waals surface area (Å²) in [4.78, 5) is 12.0. The molecule has 1 amide bonds. The molecule has 116 valence electrons. The van der Waals surface area contributed by atoms with Gasteiger partial charge in [-0.25, -0.2) is 4.39 Å². The van der Waals surface area contributed by atoms with E-state index in [1.165, 1.54) is 18.2 Å². The highest BCUT2D eigenvalue weighted by Crippen LogP contribution is 2.26. The molecule has 0 aliphatic carbocycles. The van der Waals surface area contributed by atoms with Crippen LogP contribution in [0.3, 0.4) is 0 Å². The van der Waals surface area contributed by atoms with Crippen LogP contribution in [0.25, 0.3) is 0 Å². The zero-order chi connectivity index (χ0) is 16.3. The number of hydrogen-bond acceptors (Lipinski definition) is 2. The molecule has 0 aromatic heterocycles. The summed E-state index contributed by atoms with van der Waals surface area (Å²) in [6, 6.07) is 7.92. The molecule has 0 heterocycles. The standard InChI is InChI=1S/C14H8ClF4NO2/c15-12-6-8(16)4-5-11(12)13(21)20-9-2-1-3-10(7-9)22-14(17,18)19/h1-7H,(H,20,21). The summed E-state index contributed by atoms with van der Waals surface area (Å²) in [6.07, 6.45) is -4.83. The van der Waals surface area contributed by atoms with Crippen LogP contribution in [-0.2, 0) is 0 Å². The van der Waals surface area contributed by atoms with E-state index in [9.17, 15) is 22.4 Å². The molecular formula is C14H8ClF4NO2. The summed E-state index contributed by atoms with van der Waals surface area (Å²) >= 11 is 5.73. The van der Waals surface area contributed by atoms with Crippen LogP contribution in [0.4, 0.5) is 23.2 Å². The lowest BCUT2D eigenvalue weighted by Gasteiger charge is -2.11. The van der Waals surface area contributed by atoms with Gasteiger partial charge in [0.05, 0.1) is 10.6 Å². The van der Waals surface area contributed by atoms with Crippen LogP contribution in [0.1, 0.15) is 10.4 Å². The van der Waals surface area contributed by atoms with Crippen molar-refractivity contribution in [1.29, 1.82) is 0 Å². The zero-order valence-corrected chi connectivity index (χ0v) is 11.5. The van der Waals surface area contributed by atoms with E-state index in [1.54, 1.807) is 0 Å². The van der Waals surface area contributed by atoms with Gasteiger partial charge in [-0.05, 0) is 30.3 Å². The predicted octanol–water partition coefficient (Wildman–Crippen LogP) is 4.63. The molecule has 0 radical (unpaired) electrons. The number of carbonyl (C=O) groups is 1. The number of carbonyl (C=O) groups excluding carboxylic acids is 1. The Bertz CT molecular complexity index is 703. The lowest BCUT2D eigenvalue weighted by molar-refractivity contribution is -0.274. The van der Waals surface area contributed by atoms with Gasteiger partial charge in [0.1, 0.15) is 11.6 Å². The third-order valence-electron chi connectivity index (χ3n) is 2.50. The van der Waals surface area contributed by atoms with E-state index >= 15 is 0 Å². The fraction of sp³-hybridized carbons (Fsp3) is 0.0714. The first kappa shape index (κ1) is 16.1. The second-order valence-corrected chi connectivity index (χ2v) is 4.56. The molecule has 3 nitrogen and oxygen atoms in total. The average Bonchev–Trinajstić information content (AvgIpc) is 2.36. The quantitative estimate of drug-likeness (QED) is 0.832. The Labute approximate surface area is 127 Å². The minimum absolute atomic E-state index is 0.00907. The van der Waals surface area contributed by atoms with Crippen molar-refractivity contribution in [3.05, 3.63) is 58.9 Å². The lowest BCUT2D eigenvalue weighted by atomic mass is 10.2. The molecule has 2 rings (SSSR count). The summed E-state index contributed by atoms with van der Waals surface area (Å²) < 4.78 is 53.0. The van der Waals surface area contributed by atoms with Crippen LogP contribution in [0.5, 0.6) is 5.75 Å². The minimum atomic E-state index is -4.83. The number of alkyl halides is 3. The summed E-state index contributed by atoms with van der Waals surface area (Å²) in [7, 11) is 0. The molecule has 0 saturated heterocycles. The maximum atomic E-state index is 12.9. The number of rotatable bonds is 3. The van der Waals surface area contributed by atoms with E-state index in [2.05, 4.69) is 10.1 Å². The van der Waals surface area contributed by atoms with E-state index in [0.29, 0.717) is 0 Å². The van der Waals surface area contributed by atoms with Crippen molar-refractivity contribution in [3.63, 3.8) is 0 Å². The number of ether oxygens (including phenoxy) is 1. The van der Waals surface area contributed by atoms with Gasteiger partial charge in [0.2, 0.25) is 0 Å². The third-order valence-corrected chi connectivity index (χ3v) is 2.81. The van der Waals surface area contributed by atoms with Crippen molar-refractivity contribution in [1.82, 2.24) is 0 Å². The monoisotopic (exact) mass is 333 g/mol. The summed E-state index contributed by atoms with van der Waals surface area (Å²) in [5.74, 6) is -1.77. The smallest absolute Gasteiger partial charge is 0.406 e. The van der Waals surface area contributed by atoms with Crippen LogP contribution in [0.15, 0.2) is 42.5 Å². The van der Waals surface area contributed by atoms with Crippen molar-refractivity contribution in [2.75, 3.05) is 5.32 Å². The second-order valence-electron chi connectivity index (χ2n) is 4.15. The maximum absolute atomic E-state index is 12.9. The van der Waals surface area contributed by atoms with Gasteiger partial charge in [-0.2, -0.15) is 0 Å². The summed E-state index contributed by atoms with van der Waals surface area (Å²) in [6.45, 7) is 0. The molecule has 0 fully saturated rings. The third kappa shape index (κ3) is 4.36. The molecule has 0 atom stereocenters. The van der Waals surface area contributed by atoms with Gasteiger partial charge in [-0.15, -0.1) is 13.2 Å². The van der Waals surface area contributed by atoms with Gasteiger partial charge in [-0.1, -0.05) is 17.7 Å². The van der Waals surface area contributed by atoms with Crippen molar-refractivity contribution >= 4 is 23.2 Å². The Morgan fingerprint density at radius 2 is 1.86 bits per heavy atom. The van der Waals surface area contributed by atoms with Crippen molar-refractivity contribution < 1.29 is 27.1 Å². The Kier molecular flexibility index (Phi) is 4.56. The highest BCUT2D eigenvalue weighted by molar-refractivity contribution is 6.34. The SMILES string of the molecule is O=C(Nc1cccc(OC(F)(F)F)c1)c1ccc(F)cc1Cl.